The average Bonchev–Trinajstić information content (AvgIpc) is 2.25. The maximum absolute atomic E-state index is 9.48. The van der Waals surface area contributed by atoms with E-state index in [1.807, 2.05) is 0 Å². The van der Waals surface area contributed by atoms with Crippen LogP contribution in [0.15, 0.2) is 0 Å². The summed E-state index contributed by atoms with van der Waals surface area (Å²) >= 11 is 3.91. The topological polar surface area (TPSA) is 99.4 Å². The lowest BCUT2D eigenvalue weighted by Gasteiger charge is -2.39. The fourth-order valence-electron chi connectivity index (χ4n) is 1.37. The van der Waals surface area contributed by atoms with Gasteiger partial charge in [-0.2, -0.15) is 12.6 Å². The highest BCUT2D eigenvalue weighted by Crippen LogP contribution is 2.21. The van der Waals surface area contributed by atoms with Gasteiger partial charge in [0, 0.05) is 5.75 Å². The van der Waals surface area contributed by atoms with Crippen molar-refractivity contribution in [3.8, 4) is 0 Å². The summed E-state index contributed by atoms with van der Waals surface area (Å²) in [6, 6.07) is 0. The second-order valence-electron chi connectivity index (χ2n) is 3.29. The van der Waals surface area contributed by atoms with Gasteiger partial charge in [-0.3, -0.25) is 0 Å². The molecular weight excluding hydrogens is 224 g/mol. The van der Waals surface area contributed by atoms with Crippen molar-refractivity contribution in [3.05, 3.63) is 0 Å². The smallest absolute Gasteiger partial charge is 0.186 e. The third-order valence-electron chi connectivity index (χ3n) is 2.22. The molecule has 90 valence electrons. The van der Waals surface area contributed by atoms with E-state index in [2.05, 4.69) is 12.6 Å². The van der Waals surface area contributed by atoms with Crippen LogP contribution in [0, 0.1) is 0 Å². The molecule has 7 heteroatoms. The average molecular weight is 240 g/mol. The van der Waals surface area contributed by atoms with Gasteiger partial charge in [0.05, 0.1) is 13.2 Å². The second kappa shape index (κ2) is 6.00. The molecular formula is C8H16O6S. The number of rotatable bonds is 4. The van der Waals surface area contributed by atoms with Gasteiger partial charge in [0.25, 0.3) is 0 Å². The first kappa shape index (κ1) is 13.2. The first-order valence-corrected chi connectivity index (χ1v) is 5.28. The number of hydrogen-bond donors (Lipinski definition) is 5. The third kappa shape index (κ3) is 3.04. The summed E-state index contributed by atoms with van der Waals surface area (Å²) in [6.07, 6.45) is -6.04. The summed E-state index contributed by atoms with van der Waals surface area (Å²) in [5.74, 6) is 0.440. The predicted molar refractivity (Wildman–Crippen MR) is 53.6 cm³/mol. The zero-order valence-electron chi connectivity index (χ0n) is 8.06. The van der Waals surface area contributed by atoms with Gasteiger partial charge in [-0.25, -0.2) is 0 Å². The maximum Gasteiger partial charge on any atom is 0.186 e. The van der Waals surface area contributed by atoms with Crippen LogP contribution < -0.4 is 0 Å². The molecule has 0 radical (unpaired) electrons. The fraction of sp³-hybridized carbons (Fsp3) is 1.00. The predicted octanol–water partition coefficient (Wildman–Crippen LogP) is -2.27. The molecule has 5 atom stereocenters. The van der Waals surface area contributed by atoms with Crippen molar-refractivity contribution in [1.82, 2.24) is 0 Å². The summed E-state index contributed by atoms with van der Waals surface area (Å²) in [7, 11) is 0. The van der Waals surface area contributed by atoms with Crippen LogP contribution in [0.25, 0.3) is 0 Å². The normalized spacial score (nSPS) is 41.8. The highest BCUT2D eigenvalue weighted by Gasteiger charge is 2.43. The molecule has 0 aliphatic carbocycles. The van der Waals surface area contributed by atoms with Gasteiger partial charge >= 0.3 is 0 Å². The Hall–Kier alpha value is 0.110. The molecule has 1 fully saturated rings. The maximum atomic E-state index is 9.48. The van der Waals surface area contributed by atoms with Crippen molar-refractivity contribution in [2.24, 2.45) is 0 Å². The van der Waals surface area contributed by atoms with Crippen LogP contribution in [0.1, 0.15) is 0 Å². The first-order chi connectivity index (χ1) is 7.11. The SMILES string of the molecule is OCC1OC(OCCS)[C@@H](O)[C@@H](O)[C@@H]1O. The van der Waals surface area contributed by atoms with Gasteiger partial charge in [-0.15, -0.1) is 0 Å². The van der Waals surface area contributed by atoms with E-state index < -0.39 is 37.3 Å². The van der Waals surface area contributed by atoms with E-state index in [-0.39, 0.29) is 6.61 Å². The molecule has 1 aliphatic heterocycles. The van der Waals surface area contributed by atoms with Crippen molar-refractivity contribution in [1.29, 1.82) is 0 Å². The van der Waals surface area contributed by atoms with E-state index in [9.17, 15) is 15.3 Å². The van der Waals surface area contributed by atoms with Crippen molar-refractivity contribution >= 4 is 12.6 Å². The van der Waals surface area contributed by atoms with Crippen molar-refractivity contribution in [3.63, 3.8) is 0 Å². The van der Waals surface area contributed by atoms with Crippen LogP contribution in [0.2, 0.25) is 0 Å². The van der Waals surface area contributed by atoms with Gasteiger partial charge in [0.15, 0.2) is 6.29 Å². The summed E-state index contributed by atoms with van der Waals surface area (Å²) in [4.78, 5) is 0. The standard InChI is InChI=1S/C8H16O6S/c9-3-4-5(10)6(11)7(12)8(14-4)13-1-2-15/h4-12,15H,1-3H2/t4?,5-,6+,7+,8?/m1/s1. The van der Waals surface area contributed by atoms with Crippen LogP contribution in [0.4, 0.5) is 0 Å². The molecule has 0 amide bonds. The molecule has 0 bridgehead atoms. The molecule has 1 heterocycles. The lowest BCUT2D eigenvalue weighted by molar-refractivity contribution is -0.299. The number of aliphatic hydroxyl groups is 4. The quantitative estimate of drug-likeness (QED) is 0.355. The Morgan fingerprint density at radius 1 is 1.13 bits per heavy atom. The number of aliphatic hydroxyl groups excluding tert-OH is 4. The van der Waals surface area contributed by atoms with Gasteiger partial charge < -0.3 is 29.9 Å². The fourth-order valence-corrected chi connectivity index (χ4v) is 1.48. The molecule has 0 aromatic rings. The van der Waals surface area contributed by atoms with Crippen LogP contribution in [-0.2, 0) is 9.47 Å². The molecule has 15 heavy (non-hydrogen) atoms. The summed E-state index contributed by atoms with van der Waals surface area (Å²) in [6.45, 7) is -0.211. The molecule has 1 saturated heterocycles. The lowest BCUT2D eigenvalue weighted by atomic mass is 9.99. The zero-order valence-corrected chi connectivity index (χ0v) is 8.96. The highest BCUT2D eigenvalue weighted by molar-refractivity contribution is 7.80. The van der Waals surface area contributed by atoms with Crippen LogP contribution >= 0.6 is 12.6 Å². The van der Waals surface area contributed by atoms with Crippen LogP contribution in [0.3, 0.4) is 0 Å². The monoisotopic (exact) mass is 240 g/mol. The molecule has 0 spiro atoms. The third-order valence-corrected chi connectivity index (χ3v) is 2.40. The summed E-state index contributed by atoms with van der Waals surface area (Å²) in [5, 5.41) is 37.2. The van der Waals surface area contributed by atoms with Gasteiger partial charge in [-0.1, -0.05) is 0 Å². The van der Waals surface area contributed by atoms with Crippen molar-refractivity contribution < 1.29 is 29.9 Å². The van der Waals surface area contributed by atoms with E-state index in [1.165, 1.54) is 0 Å². The number of thiol groups is 1. The number of ether oxygens (including phenoxy) is 2. The Labute approximate surface area is 92.8 Å². The molecule has 1 rings (SSSR count). The Balaban J connectivity index is 2.57. The van der Waals surface area contributed by atoms with Gasteiger partial charge in [0.2, 0.25) is 0 Å². The lowest BCUT2D eigenvalue weighted by Crippen LogP contribution is -2.59. The Morgan fingerprint density at radius 2 is 1.80 bits per heavy atom. The molecule has 0 aromatic heterocycles. The van der Waals surface area contributed by atoms with Crippen LogP contribution in [0.5, 0.6) is 0 Å². The van der Waals surface area contributed by atoms with Crippen LogP contribution in [-0.4, -0.2) is 70.1 Å². The first-order valence-electron chi connectivity index (χ1n) is 4.64. The zero-order chi connectivity index (χ0) is 11.4. The molecule has 4 N–H and O–H groups in total. The van der Waals surface area contributed by atoms with Gasteiger partial charge in [0.1, 0.15) is 24.4 Å². The minimum absolute atomic E-state index is 0.242. The van der Waals surface area contributed by atoms with E-state index >= 15 is 0 Å². The largest absolute Gasteiger partial charge is 0.394 e. The Bertz CT molecular complexity index is 190. The second-order valence-corrected chi connectivity index (χ2v) is 3.74. The minimum Gasteiger partial charge on any atom is -0.394 e. The molecule has 0 saturated carbocycles. The number of hydrogen-bond acceptors (Lipinski definition) is 7. The molecule has 6 nitrogen and oxygen atoms in total. The highest BCUT2D eigenvalue weighted by atomic mass is 32.1. The van der Waals surface area contributed by atoms with Crippen molar-refractivity contribution in [2.75, 3.05) is 19.0 Å². The Kier molecular flexibility index (Phi) is 5.27. The molecule has 1 aliphatic rings. The Morgan fingerprint density at radius 3 is 2.33 bits per heavy atom. The van der Waals surface area contributed by atoms with E-state index in [0.717, 1.165) is 0 Å². The molecule has 2 unspecified atom stereocenters. The van der Waals surface area contributed by atoms with Gasteiger partial charge in [-0.05, 0) is 0 Å². The summed E-state index contributed by atoms with van der Waals surface area (Å²) in [5.41, 5.74) is 0. The van der Waals surface area contributed by atoms with E-state index in [4.69, 9.17) is 14.6 Å². The van der Waals surface area contributed by atoms with Crippen molar-refractivity contribution in [2.45, 2.75) is 30.7 Å². The van der Waals surface area contributed by atoms with E-state index in [1.54, 1.807) is 0 Å². The summed E-state index contributed by atoms with van der Waals surface area (Å²) < 4.78 is 10.1. The molecule has 0 aromatic carbocycles. The minimum atomic E-state index is -1.39. The van der Waals surface area contributed by atoms with E-state index in [0.29, 0.717) is 5.75 Å².